The van der Waals surface area contributed by atoms with Crippen LogP contribution in [0.2, 0.25) is 0 Å². The van der Waals surface area contributed by atoms with Crippen LogP contribution in [0.15, 0.2) is 76.9 Å². The van der Waals surface area contributed by atoms with E-state index in [1.165, 1.54) is 31.6 Å². The summed E-state index contributed by atoms with van der Waals surface area (Å²) >= 11 is 0. The standard InChI is InChI=1S/C23H16F3NO5/c1-31-16-6-3-2-5-15(16)20(28)18-19(17-7-4-12-32-17)27(22(30)21(18)29)14-10-8-13(9-11-14)23(24,25)26/h2-12,19,28H,1H3/b20-18-. The number of ketones is 1. The first-order valence-corrected chi connectivity index (χ1v) is 9.39. The predicted molar refractivity (Wildman–Crippen MR) is 108 cm³/mol. The number of carbonyl (C=O) groups excluding carboxylic acids is 2. The number of furan rings is 1. The van der Waals surface area contributed by atoms with Gasteiger partial charge in [-0.3, -0.25) is 14.5 Å². The number of nitrogens with zero attached hydrogens (tertiary/aromatic N) is 1. The third-order valence-corrected chi connectivity index (χ3v) is 5.09. The molecular weight excluding hydrogens is 427 g/mol. The fourth-order valence-corrected chi connectivity index (χ4v) is 3.61. The number of halogens is 3. The number of methoxy groups -OCH3 is 1. The van der Waals surface area contributed by atoms with E-state index in [9.17, 15) is 27.9 Å². The highest BCUT2D eigenvalue weighted by Crippen LogP contribution is 2.43. The number of amides is 1. The molecule has 2 aromatic carbocycles. The van der Waals surface area contributed by atoms with Crippen molar-refractivity contribution in [3.8, 4) is 5.75 Å². The third-order valence-electron chi connectivity index (χ3n) is 5.09. The number of benzene rings is 2. The minimum Gasteiger partial charge on any atom is -0.507 e. The molecule has 3 aromatic rings. The van der Waals surface area contributed by atoms with E-state index in [1.807, 2.05) is 0 Å². The highest BCUT2D eigenvalue weighted by molar-refractivity contribution is 6.51. The summed E-state index contributed by atoms with van der Waals surface area (Å²) in [6, 6.07) is 12.0. The van der Waals surface area contributed by atoms with Crippen LogP contribution in [0.4, 0.5) is 18.9 Å². The predicted octanol–water partition coefficient (Wildman–Crippen LogP) is 4.93. The normalized spacial score (nSPS) is 18.2. The van der Waals surface area contributed by atoms with Crippen molar-refractivity contribution in [3.63, 3.8) is 0 Å². The summed E-state index contributed by atoms with van der Waals surface area (Å²) in [5.74, 6) is -2.08. The number of rotatable bonds is 4. The number of para-hydroxylation sites is 1. The zero-order chi connectivity index (χ0) is 23.0. The van der Waals surface area contributed by atoms with Gasteiger partial charge in [0.1, 0.15) is 23.3 Å². The Kier molecular flexibility index (Phi) is 5.25. The molecule has 0 radical (unpaired) electrons. The average Bonchev–Trinajstić information content (AvgIpc) is 3.40. The van der Waals surface area contributed by atoms with Crippen LogP contribution in [0.25, 0.3) is 5.76 Å². The van der Waals surface area contributed by atoms with Crippen molar-refractivity contribution in [1.82, 2.24) is 0 Å². The second-order valence-corrected chi connectivity index (χ2v) is 6.93. The van der Waals surface area contributed by atoms with Crippen LogP contribution in [-0.4, -0.2) is 23.9 Å². The molecule has 6 nitrogen and oxygen atoms in total. The van der Waals surface area contributed by atoms with E-state index in [4.69, 9.17) is 9.15 Å². The monoisotopic (exact) mass is 443 g/mol. The Balaban J connectivity index is 1.89. The first kappa shape index (κ1) is 21.2. The van der Waals surface area contributed by atoms with Crippen LogP contribution >= 0.6 is 0 Å². The Hall–Kier alpha value is -4.01. The Labute approximate surface area is 180 Å². The summed E-state index contributed by atoms with van der Waals surface area (Å²) in [5, 5.41) is 11.0. The van der Waals surface area contributed by atoms with Gasteiger partial charge in [-0.15, -0.1) is 0 Å². The molecule has 1 aliphatic rings. The summed E-state index contributed by atoms with van der Waals surface area (Å²) < 4.78 is 49.5. The van der Waals surface area contributed by atoms with Crippen LogP contribution in [0, 0.1) is 0 Å². The molecule has 164 valence electrons. The van der Waals surface area contributed by atoms with E-state index in [2.05, 4.69) is 0 Å². The summed E-state index contributed by atoms with van der Waals surface area (Å²) in [7, 11) is 1.39. The number of ether oxygens (including phenoxy) is 1. The molecule has 1 aromatic heterocycles. The van der Waals surface area contributed by atoms with Crippen molar-refractivity contribution in [2.45, 2.75) is 12.2 Å². The van der Waals surface area contributed by atoms with E-state index in [-0.39, 0.29) is 28.3 Å². The van der Waals surface area contributed by atoms with Crippen LogP contribution in [0.3, 0.4) is 0 Å². The van der Waals surface area contributed by atoms with Gasteiger partial charge in [0.2, 0.25) is 0 Å². The van der Waals surface area contributed by atoms with Crippen molar-refractivity contribution in [1.29, 1.82) is 0 Å². The van der Waals surface area contributed by atoms with Crippen LogP contribution in [0.1, 0.15) is 22.9 Å². The maximum Gasteiger partial charge on any atom is 0.416 e. The fourth-order valence-electron chi connectivity index (χ4n) is 3.61. The zero-order valence-corrected chi connectivity index (χ0v) is 16.6. The minimum absolute atomic E-state index is 0.0422. The molecule has 2 heterocycles. The van der Waals surface area contributed by atoms with Gasteiger partial charge in [-0.25, -0.2) is 0 Å². The van der Waals surface area contributed by atoms with Gasteiger partial charge in [0.25, 0.3) is 11.7 Å². The molecule has 1 N–H and O–H groups in total. The number of Topliss-reactive ketones (excluding diaryl/α,β-unsaturated/α-hetero) is 1. The first-order chi connectivity index (χ1) is 15.2. The molecule has 1 amide bonds. The second kappa shape index (κ2) is 7.92. The molecule has 4 rings (SSSR count). The Morgan fingerprint density at radius 1 is 1.03 bits per heavy atom. The molecule has 1 atom stereocenters. The number of carbonyl (C=O) groups is 2. The smallest absolute Gasteiger partial charge is 0.416 e. The van der Waals surface area contributed by atoms with Gasteiger partial charge in [0, 0.05) is 5.69 Å². The number of hydrogen-bond acceptors (Lipinski definition) is 5. The molecule has 9 heteroatoms. The van der Waals surface area contributed by atoms with Gasteiger partial charge in [-0.2, -0.15) is 13.2 Å². The van der Waals surface area contributed by atoms with Gasteiger partial charge >= 0.3 is 6.18 Å². The van der Waals surface area contributed by atoms with Gasteiger partial charge in [-0.1, -0.05) is 12.1 Å². The molecule has 1 fully saturated rings. The van der Waals surface area contributed by atoms with Crippen LogP contribution < -0.4 is 9.64 Å². The molecule has 32 heavy (non-hydrogen) atoms. The Morgan fingerprint density at radius 3 is 2.31 bits per heavy atom. The molecule has 0 aliphatic carbocycles. The zero-order valence-electron chi connectivity index (χ0n) is 16.6. The quantitative estimate of drug-likeness (QED) is 0.351. The lowest BCUT2D eigenvalue weighted by Crippen LogP contribution is -2.29. The van der Waals surface area contributed by atoms with Gasteiger partial charge in [-0.05, 0) is 48.5 Å². The fraction of sp³-hybridized carbons (Fsp3) is 0.130. The SMILES string of the molecule is COc1ccccc1/C(O)=C1/C(=O)C(=O)N(c2ccc(C(F)(F)F)cc2)C1c1ccco1. The molecule has 0 spiro atoms. The number of anilines is 1. The van der Waals surface area contributed by atoms with Crippen LogP contribution in [0.5, 0.6) is 5.75 Å². The first-order valence-electron chi connectivity index (χ1n) is 9.39. The second-order valence-electron chi connectivity index (χ2n) is 6.93. The lowest BCUT2D eigenvalue weighted by Gasteiger charge is -2.23. The maximum atomic E-state index is 13.0. The van der Waals surface area contributed by atoms with Crippen molar-refractivity contribution >= 4 is 23.1 Å². The summed E-state index contributed by atoms with van der Waals surface area (Å²) in [4.78, 5) is 26.9. The number of hydrogen-bond donors (Lipinski definition) is 1. The molecule has 0 saturated carbocycles. The minimum atomic E-state index is -4.56. The maximum absolute atomic E-state index is 13.0. The van der Waals surface area contributed by atoms with E-state index in [0.717, 1.165) is 29.2 Å². The van der Waals surface area contributed by atoms with Gasteiger partial charge < -0.3 is 14.3 Å². The Bertz CT molecular complexity index is 1200. The molecular formula is C23H16F3NO5. The summed E-state index contributed by atoms with van der Waals surface area (Å²) in [6.07, 6.45) is -3.23. The molecule has 0 bridgehead atoms. The van der Waals surface area contributed by atoms with Gasteiger partial charge in [0.05, 0.1) is 30.1 Å². The molecule has 1 unspecified atom stereocenters. The van der Waals surface area contributed by atoms with Crippen LogP contribution in [-0.2, 0) is 15.8 Å². The van der Waals surface area contributed by atoms with E-state index >= 15 is 0 Å². The lowest BCUT2D eigenvalue weighted by molar-refractivity contribution is -0.137. The van der Waals surface area contributed by atoms with Crippen molar-refractivity contribution in [2.75, 3.05) is 12.0 Å². The highest BCUT2D eigenvalue weighted by Gasteiger charge is 2.48. The van der Waals surface area contributed by atoms with E-state index in [1.54, 1.807) is 18.2 Å². The van der Waals surface area contributed by atoms with Crippen molar-refractivity contribution < 1.29 is 37.0 Å². The third kappa shape index (κ3) is 3.51. The number of aliphatic hydroxyl groups excluding tert-OH is 1. The molecule has 1 saturated heterocycles. The Morgan fingerprint density at radius 2 is 1.72 bits per heavy atom. The number of alkyl halides is 3. The largest absolute Gasteiger partial charge is 0.507 e. The average molecular weight is 443 g/mol. The lowest BCUT2D eigenvalue weighted by atomic mass is 9.98. The van der Waals surface area contributed by atoms with Crippen molar-refractivity contribution in [2.24, 2.45) is 0 Å². The number of aliphatic hydroxyl groups is 1. The molecule has 1 aliphatic heterocycles. The topological polar surface area (TPSA) is 80.0 Å². The van der Waals surface area contributed by atoms with E-state index in [0.29, 0.717) is 0 Å². The van der Waals surface area contributed by atoms with Gasteiger partial charge in [0.15, 0.2) is 0 Å². The van der Waals surface area contributed by atoms with E-state index < -0.39 is 35.2 Å². The van der Waals surface area contributed by atoms with Crippen molar-refractivity contribution in [3.05, 3.63) is 89.4 Å². The summed E-state index contributed by atoms with van der Waals surface area (Å²) in [6.45, 7) is 0. The summed E-state index contributed by atoms with van der Waals surface area (Å²) in [5.41, 5.74) is -0.951. The highest BCUT2D eigenvalue weighted by atomic mass is 19.4.